The highest BCUT2D eigenvalue weighted by molar-refractivity contribution is 5.98. The molecular weight excluding hydrogens is 358 g/mol. The van der Waals surface area contributed by atoms with Gasteiger partial charge >= 0.3 is 0 Å². The number of benzene rings is 2. The Hall–Kier alpha value is -2.68. The number of para-hydroxylation sites is 1. The fraction of sp³-hybridized carbons (Fsp3) is 0.385. The minimum atomic E-state index is -0.502. The van der Waals surface area contributed by atoms with Gasteiger partial charge in [-0.3, -0.25) is 14.5 Å². The molecule has 29 heavy (non-hydrogen) atoms. The molecule has 0 aliphatic heterocycles. The second kappa shape index (κ2) is 8.77. The number of hydrogen-bond acceptors (Lipinski definition) is 2. The number of carbonyl (C=O) groups is 2. The Morgan fingerprint density at radius 3 is 2.21 bits per heavy atom. The van der Waals surface area contributed by atoms with Crippen molar-refractivity contribution in [2.75, 3.05) is 4.90 Å². The average Bonchev–Trinajstić information content (AvgIpc) is 2.73. The van der Waals surface area contributed by atoms with E-state index in [0.717, 1.165) is 30.5 Å². The van der Waals surface area contributed by atoms with E-state index in [0.29, 0.717) is 18.6 Å². The monoisotopic (exact) mass is 389 g/mol. The molecule has 1 atom stereocenters. The van der Waals surface area contributed by atoms with E-state index in [9.17, 15) is 9.59 Å². The number of carbonyl (C=O) groups excluding carboxylic acids is 2. The van der Waals surface area contributed by atoms with Crippen LogP contribution in [-0.2, 0) is 15.0 Å². The number of rotatable bonds is 5. The zero-order chi connectivity index (χ0) is 20.9. The highest BCUT2D eigenvalue weighted by Crippen LogP contribution is 2.40. The quantitative estimate of drug-likeness (QED) is 0.624. The van der Waals surface area contributed by atoms with E-state index >= 15 is 0 Å². The summed E-state index contributed by atoms with van der Waals surface area (Å²) in [5, 5.41) is 0. The summed E-state index contributed by atoms with van der Waals surface area (Å²) in [6, 6.07) is 19.8. The minimum absolute atomic E-state index is 0.0312. The summed E-state index contributed by atoms with van der Waals surface area (Å²) in [5.41, 5.74) is 0.941. The van der Waals surface area contributed by atoms with Crippen molar-refractivity contribution in [1.82, 2.24) is 0 Å². The van der Waals surface area contributed by atoms with Gasteiger partial charge in [0.1, 0.15) is 5.78 Å². The highest BCUT2D eigenvalue weighted by atomic mass is 16.2. The van der Waals surface area contributed by atoms with E-state index < -0.39 is 10.8 Å². The molecule has 1 fully saturated rings. The molecule has 1 aliphatic carbocycles. The van der Waals surface area contributed by atoms with Crippen molar-refractivity contribution in [3.8, 4) is 0 Å². The lowest BCUT2D eigenvalue weighted by molar-refractivity contribution is -0.126. The van der Waals surface area contributed by atoms with Crippen LogP contribution >= 0.6 is 0 Å². The van der Waals surface area contributed by atoms with Crippen molar-refractivity contribution in [1.29, 1.82) is 0 Å². The number of ketones is 1. The Kier molecular flexibility index (Phi) is 6.36. The molecule has 0 bridgehead atoms. The fourth-order valence-electron chi connectivity index (χ4n) is 4.07. The number of allylic oxidation sites excluding steroid dienone is 1. The largest absolute Gasteiger partial charge is 0.299 e. The lowest BCUT2D eigenvalue weighted by atomic mass is 9.66. The number of amides is 1. The Morgan fingerprint density at radius 2 is 1.62 bits per heavy atom. The molecule has 2 aromatic rings. The van der Waals surface area contributed by atoms with Crippen LogP contribution in [0.4, 0.5) is 5.69 Å². The standard InChI is InChI=1S/C26H31NO2/c1-25(2,3)24(29)27(22-15-8-5-9-16-22)20-12-19-26(18-11-10-17-23(26)28)21-13-6-4-7-14-21/h4-9,12-16,20H,10-11,17-19H2,1-3H3/b20-12+/t26-/m0/s1. The molecule has 0 aromatic heterocycles. The van der Waals surface area contributed by atoms with Crippen LogP contribution in [0, 0.1) is 5.41 Å². The third-order valence-electron chi connectivity index (χ3n) is 5.73. The van der Waals surface area contributed by atoms with Gasteiger partial charge in [-0.15, -0.1) is 0 Å². The molecule has 0 radical (unpaired) electrons. The summed E-state index contributed by atoms with van der Waals surface area (Å²) in [6.07, 6.45) is 7.98. The maximum Gasteiger partial charge on any atom is 0.236 e. The molecular formula is C26H31NO2. The SMILES string of the molecule is CC(C)(C)C(=O)N(/C=C/C[C@]1(c2ccccc2)CCCCC1=O)c1ccccc1. The number of Topliss-reactive ketones (excluding diaryl/α,β-unsaturated/α-hetero) is 1. The van der Waals surface area contributed by atoms with Crippen molar-refractivity contribution in [2.45, 2.75) is 58.3 Å². The van der Waals surface area contributed by atoms with Crippen LogP contribution in [-0.4, -0.2) is 11.7 Å². The van der Waals surface area contributed by atoms with Gasteiger partial charge in [-0.05, 0) is 37.0 Å². The molecule has 0 saturated heterocycles. The average molecular weight is 390 g/mol. The van der Waals surface area contributed by atoms with E-state index in [1.165, 1.54) is 0 Å². The van der Waals surface area contributed by atoms with E-state index in [1.54, 1.807) is 4.90 Å². The number of nitrogens with zero attached hydrogens (tertiary/aromatic N) is 1. The summed E-state index contributed by atoms with van der Waals surface area (Å²) in [4.78, 5) is 27.8. The highest BCUT2D eigenvalue weighted by Gasteiger charge is 2.40. The van der Waals surface area contributed by atoms with Crippen LogP contribution in [0.3, 0.4) is 0 Å². The normalized spacial score (nSPS) is 20.0. The molecule has 0 heterocycles. The molecule has 1 aliphatic rings. The van der Waals surface area contributed by atoms with Crippen molar-refractivity contribution < 1.29 is 9.59 Å². The maximum atomic E-state index is 13.1. The molecule has 1 saturated carbocycles. The topological polar surface area (TPSA) is 37.4 Å². The molecule has 152 valence electrons. The van der Waals surface area contributed by atoms with Crippen LogP contribution in [0.5, 0.6) is 0 Å². The van der Waals surface area contributed by atoms with Gasteiger partial charge in [-0.1, -0.05) is 81.8 Å². The summed E-state index contributed by atoms with van der Waals surface area (Å²) >= 11 is 0. The number of anilines is 1. The Labute approximate surface area is 174 Å². The summed E-state index contributed by atoms with van der Waals surface area (Å²) < 4.78 is 0. The van der Waals surface area contributed by atoms with Crippen molar-refractivity contribution in [3.63, 3.8) is 0 Å². The molecule has 3 rings (SSSR count). The van der Waals surface area contributed by atoms with Crippen LogP contribution in [0.25, 0.3) is 0 Å². The van der Waals surface area contributed by atoms with Crippen LogP contribution in [0.15, 0.2) is 72.9 Å². The fourth-order valence-corrected chi connectivity index (χ4v) is 4.07. The lowest BCUT2D eigenvalue weighted by Gasteiger charge is -2.36. The zero-order valence-electron chi connectivity index (χ0n) is 17.7. The second-order valence-corrected chi connectivity index (χ2v) is 8.93. The zero-order valence-corrected chi connectivity index (χ0v) is 17.7. The molecule has 3 heteroatoms. The minimum Gasteiger partial charge on any atom is -0.299 e. The third kappa shape index (κ3) is 4.67. The van der Waals surface area contributed by atoms with Gasteiger partial charge in [0.05, 0.1) is 5.41 Å². The smallest absolute Gasteiger partial charge is 0.236 e. The van der Waals surface area contributed by atoms with Gasteiger partial charge in [-0.2, -0.15) is 0 Å². The number of hydrogen-bond donors (Lipinski definition) is 0. The van der Waals surface area contributed by atoms with E-state index in [1.807, 2.05) is 81.6 Å². The molecule has 0 unspecified atom stereocenters. The van der Waals surface area contributed by atoms with Crippen LogP contribution < -0.4 is 4.90 Å². The van der Waals surface area contributed by atoms with Gasteiger partial charge in [0.2, 0.25) is 5.91 Å². The molecule has 1 amide bonds. The lowest BCUT2D eigenvalue weighted by Crippen LogP contribution is -2.39. The van der Waals surface area contributed by atoms with Crippen molar-refractivity contribution >= 4 is 17.4 Å². The van der Waals surface area contributed by atoms with Gasteiger partial charge < -0.3 is 0 Å². The summed E-state index contributed by atoms with van der Waals surface area (Å²) in [7, 11) is 0. The molecule has 0 N–H and O–H groups in total. The Morgan fingerprint density at radius 1 is 1.00 bits per heavy atom. The second-order valence-electron chi connectivity index (χ2n) is 8.93. The van der Waals surface area contributed by atoms with E-state index in [2.05, 4.69) is 12.1 Å². The van der Waals surface area contributed by atoms with Crippen molar-refractivity contribution in [2.24, 2.45) is 5.41 Å². The predicted octanol–water partition coefficient (Wildman–Crippen LogP) is 6.05. The van der Waals surface area contributed by atoms with Gasteiger partial charge in [-0.25, -0.2) is 0 Å². The molecule has 2 aromatic carbocycles. The van der Waals surface area contributed by atoms with Gasteiger partial charge in [0, 0.05) is 23.7 Å². The first-order chi connectivity index (χ1) is 13.8. The maximum absolute atomic E-state index is 13.1. The van der Waals surface area contributed by atoms with Crippen LogP contribution in [0.1, 0.15) is 58.4 Å². The third-order valence-corrected chi connectivity index (χ3v) is 5.73. The summed E-state index contributed by atoms with van der Waals surface area (Å²) in [6.45, 7) is 5.78. The Balaban J connectivity index is 1.92. The summed E-state index contributed by atoms with van der Waals surface area (Å²) in [5.74, 6) is 0.344. The van der Waals surface area contributed by atoms with E-state index in [-0.39, 0.29) is 5.91 Å². The van der Waals surface area contributed by atoms with Crippen LogP contribution in [0.2, 0.25) is 0 Å². The first-order valence-electron chi connectivity index (χ1n) is 10.5. The first kappa shape index (κ1) is 21.0. The van der Waals surface area contributed by atoms with Crippen molar-refractivity contribution in [3.05, 3.63) is 78.5 Å². The Bertz CT molecular complexity index is 865. The predicted molar refractivity (Wildman–Crippen MR) is 119 cm³/mol. The first-order valence-corrected chi connectivity index (χ1v) is 10.5. The molecule has 0 spiro atoms. The van der Waals surface area contributed by atoms with Gasteiger partial charge in [0.15, 0.2) is 0 Å². The van der Waals surface area contributed by atoms with Gasteiger partial charge in [0.25, 0.3) is 0 Å². The molecule has 3 nitrogen and oxygen atoms in total. The van der Waals surface area contributed by atoms with E-state index in [4.69, 9.17) is 0 Å².